The molecule has 1 atom stereocenters. The van der Waals surface area contributed by atoms with Gasteiger partial charge in [-0.2, -0.15) is 5.26 Å². The first-order valence-corrected chi connectivity index (χ1v) is 4.70. The molecule has 0 aliphatic carbocycles. The Morgan fingerprint density at radius 1 is 1.53 bits per heavy atom. The van der Waals surface area contributed by atoms with Crippen LogP contribution in [-0.2, 0) is 0 Å². The first-order valence-electron chi connectivity index (χ1n) is 4.32. The fraction of sp³-hybridized carbons (Fsp3) is 0.300. The molecule has 1 aromatic rings. The van der Waals surface area contributed by atoms with Gasteiger partial charge in [0, 0.05) is 12.6 Å². The smallest absolute Gasteiger partial charge is 0.150 e. The van der Waals surface area contributed by atoms with E-state index in [1.165, 1.54) is 0 Å². The van der Waals surface area contributed by atoms with Crippen LogP contribution in [-0.4, -0.2) is 6.54 Å². The second-order valence-corrected chi connectivity index (χ2v) is 3.56. The van der Waals surface area contributed by atoms with Gasteiger partial charge in [0.2, 0.25) is 0 Å². The van der Waals surface area contributed by atoms with Gasteiger partial charge in [-0.1, -0.05) is 11.6 Å². The fourth-order valence-corrected chi connectivity index (χ4v) is 1.27. The number of nitriles is 1. The number of rotatable bonds is 3. The molecule has 0 aliphatic heterocycles. The van der Waals surface area contributed by atoms with Gasteiger partial charge in [-0.25, -0.2) is 8.78 Å². The molecule has 0 fully saturated rings. The van der Waals surface area contributed by atoms with Crippen LogP contribution in [0, 0.1) is 28.9 Å². The number of hydrogen-bond donors (Lipinski definition) is 1. The van der Waals surface area contributed by atoms with Crippen LogP contribution >= 0.6 is 11.6 Å². The molecule has 0 aliphatic rings. The van der Waals surface area contributed by atoms with Crippen molar-refractivity contribution in [2.75, 3.05) is 11.9 Å². The molecule has 0 saturated carbocycles. The van der Waals surface area contributed by atoms with Crippen LogP contribution in [0.5, 0.6) is 0 Å². The largest absolute Gasteiger partial charge is 0.380 e. The Labute approximate surface area is 91.5 Å². The standard InChI is InChI=1S/C10H9ClF2N2/c1-6(4-14)5-15-10-8(11)2-7(12)3-9(10)13/h2-3,6,15H,5H2,1H3. The van der Waals surface area contributed by atoms with Crippen molar-refractivity contribution in [3.63, 3.8) is 0 Å². The maximum absolute atomic E-state index is 13.2. The van der Waals surface area contributed by atoms with Gasteiger partial charge in [-0.05, 0) is 13.0 Å². The summed E-state index contributed by atoms with van der Waals surface area (Å²) in [4.78, 5) is 0. The van der Waals surface area contributed by atoms with Crippen LogP contribution in [0.3, 0.4) is 0 Å². The maximum Gasteiger partial charge on any atom is 0.150 e. The highest BCUT2D eigenvalue weighted by molar-refractivity contribution is 6.33. The fourth-order valence-electron chi connectivity index (χ4n) is 1.01. The van der Waals surface area contributed by atoms with Gasteiger partial charge in [0.15, 0.2) is 5.82 Å². The molecule has 0 saturated heterocycles. The van der Waals surface area contributed by atoms with Crippen molar-refractivity contribution in [1.29, 1.82) is 5.26 Å². The number of hydrogen-bond acceptors (Lipinski definition) is 2. The van der Waals surface area contributed by atoms with Crippen molar-refractivity contribution in [2.24, 2.45) is 5.92 Å². The summed E-state index contributed by atoms with van der Waals surface area (Å²) in [5.41, 5.74) is 0.0279. The number of nitrogens with zero attached hydrogens (tertiary/aromatic N) is 1. The first-order chi connectivity index (χ1) is 7.04. The lowest BCUT2D eigenvalue weighted by atomic mass is 10.2. The maximum atomic E-state index is 13.2. The average Bonchev–Trinajstić information content (AvgIpc) is 2.15. The molecule has 0 amide bonds. The molecule has 5 heteroatoms. The molecule has 1 aromatic carbocycles. The Morgan fingerprint density at radius 2 is 2.20 bits per heavy atom. The van der Waals surface area contributed by atoms with Gasteiger partial charge >= 0.3 is 0 Å². The summed E-state index contributed by atoms with van der Waals surface area (Å²) in [5.74, 6) is -1.76. The van der Waals surface area contributed by atoms with E-state index in [0.717, 1.165) is 12.1 Å². The monoisotopic (exact) mass is 230 g/mol. The summed E-state index contributed by atoms with van der Waals surface area (Å²) in [6.07, 6.45) is 0. The van der Waals surface area contributed by atoms with Gasteiger partial charge in [-0.15, -0.1) is 0 Å². The molecule has 1 rings (SSSR count). The number of nitrogens with one attached hydrogen (secondary N) is 1. The molecule has 1 unspecified atom stereocenters. The third kappa shape index (κ3) is 3.07. The van der Waals surface area contributed by atoms with Crippen molar-refractivity contribution in [1.82, 2.24) is 0 Å². The first kappa shape index (κ1) is 11.7. The van der Waals surface area contributed by atoms with Gasteiger partial charge in [0.05, 0.1) is 22.7 Å². The molecular weight excluding hydrogens is 222 g/mol. The highest BCUT2D eigenvalue weighted by Gasteiger charge is 2.10. The summed E-state index contributed by atoms with van der Waals surface area (Å²) < 4.78 is 25.9. The molecular formula is C10H9ClF2N2. The van der Waals surface area contributed by atoms with Crippen molar-refractivity contribution in [3.8, 4) is 6.07 Å². The molecule has 1 N–H and O–H groups in total. The Balaban J connectivity index is 2.82. The van der Waals surface area contributed by atoms with Gasteiger partial charge < -0.3 is 5.32 Å². The van der Waals surface area contributed by atoms with Crippen LogP contribution in [0.2, 0.25) is 5.02 Å². The van der Waals surface area contributed by atoms with Crippen LogP contribution in [0.25, 0.3) is 0 Å². The zero-order chi connectivity index (χ0) is 11.4. The summed E-state index contributed by atoms with van der Waals surface area (Å²) in [7, 11) is 0. The molecule has 0 spiro atoms. The Bertz CT molecular complexity index is 378. The van der Waals surface area contributed by atoms with E-state index in [1.54, 1.807) is 6.92 Å². The van der Waals surface area contributed by atoms with Crippen LogP contribution in [0.4, 0.5) is 14.5 Å². The van der Waals surface area contributed by atoms with E-state index in [2.05, 4.69) is 5.32 Å². The topological polar surface area (TPSA) is 35.8 Å². The zero-order valence-electron chi connectivity index (χ0n) is 8.02. The van der Waals surface area contributed by atoms with E-state index in [4.69, 9.17) is 16.9 Å². The van der Waals surface area contributed by atoms with Crippen molar-refractivity contribution in [2.45, 2.75) is 6.92 Å². The van der Waals surface area contributed by atoms with Crippen molar-refractivity contribution >= 4 is 17.3 Å². The minimum absolute atomic E-state index is 0.0279. The minimum Gasteiger partial charge on any atom is -0.380 e. The lowest BCUT2D eigenvalue weighted by Gasteiger charge is -2.10. The van der Waals surface area contributed by atoms with Crippen LogP contribution in [0.15, 0.2) is 12.1 Å². The normalized spacial score (nSPS) is 11.9. The summed E-state index contributed by atoms with van der Waals surface area (Å²) >= 11 is 5.64. The van der Waals surface area contributed by atoms with E-state index in [1.807, 2.05) is 6.07 Å². The summed E-state index contributed by atoms with van der Waals surface area (Å²) in [6.45, 7) is 1.95. The summed E-state index contributed by atoms with van der Waals surface area (Å²) in [6, 6.07) is 3.74. The van der Waals surface area contributed by atoms with Crippen LogP contribution in [0.1, 0.15) is 6.92 Å². The molecule has 0 radical (unpaired) electrons. The molecule has 0 heterocycles. The predicted octanol–water partition coefficient (Wildman–Crippen LogP) is 3.19. The third-order valence-electron chi connectivity index (χ3n) is 1.81. The van der Waals surface area contributed by atoms with E-state index in [-0.39, 0.29) is 23.2 Å². The lowest BCUT2D eigenvalue weighted by Crippen LogP contribution is -2.11. The Morgan fingerprint density at radius 3 is 2.73 bits per heavy atom. The van der Waals surface area contributed by atoms with Crippen LogP contribution < -0.4 is 5.32 Å². The highest BCUT2D eigenvalue weighted by atomic mass is 35.5. The second kappa shape index (κ2) is 4.94. The molecule has 15 heavy (non-hydrogen) atoms. The van der Waals surface area contributed by atoms with Gasteiger partial charge in [0.1, 0.15) is 5.82 Å². The zero-order valence-corrected chi connectivity index (χ0v) is 8.78. The van der Waals surface area contributed by atoms with E-state index in [9.17, 15) is 8.78 Å². The molecule has 2 nitrogen and oxygen atoms in total. The lowest BCUT2D eigenvalue weighted by molar-refractivity contribution is 0.584. The average molecular weight is 231 g/mol. The SMILES string of the molecule is CC(C#N)CNc1c(F)cc(F)cc1Cl. The second-order valence-electron chi connectivity index (χ2n) is 3.16. The Hall–Kier alpha value is -1.34. The van der Waals surface area contributed by atoms with Gasteiger partial charge in [0.25, 0.3) is 0 Å². The van der Waals surface area contributed by atoms with E-state index >= 15 is 0 Å². The quantitative estimate of drug-likeness (QED) is 0.866. The Kier molecular flexibility index (Phi) is 3.87. The summed E-state index contributed by atoms with van der Waals surface area (Å²) in [5, 5.41) is 11.2. The number of halogens is 3. The van der Waals surface area contributed by atoms with Gasteiger partial charge in [-0.3, -0.25) is 0 Å². The number of anilines is 1. The van der Waals surface area contributed by atoms with E-state index < -0.39 is 11.6 Å². The molecule has 0 bridgehead atoms. The third-order valence-corrected chi connectivity index (χ3v) is 2.11. The van der Waals surface area contributed by atoms with Crippen molar-refractivity contribution < 1.29 is 8.78 Å². The van der Waals surface area contributed by atoms with Crippen molar-refractivity contribution in [3.05, 3.63) is 28.8 Å². The number of benzene rings is 1. The predicted molar refractivity (Wildman–Crippen MR) is 54.6 cm³/mol. The molecule has 80 valence electrons. The highest BCUT2D eigenvalue weighted by Crippen LogP contribution is 2.26. The molecule has 0 aromatic heterocycles. The van der Waals surface area contributed by atoms with E-state index in [0.29, 0.717) is 0 Å². The minimum atomic E-state index is -0.759.